The van der Waals surface area contributed by atoms with Gasteiger partial charge in [-0.3, -0.25) is 0 Å². The van der Waals surface area contributed by atoms with Crippen molar-refractivity contribution in [3.63, 3.8) is 0 Å². The molecule has 0 aliphatic heterocycles. The number of carbonyl (C=O) groups is 1. The number of carbonyl (C=O) groups excluding carboxylic acids is 1. The van der Waals surface area contributed by atoms with Crippen molar-refractivity contribution in [2.75, 3.05) is 14.2 Å². The maximum atomic E-state index is 12.7. The number of hydrogen-bond donors (Lipinski definition) is 0. The Hall–Kier alpha value is -2.06. The van der Waals surface area contributed by atoms with Gasteiger partial charge in [-0.2, -0.15) is 22.0 Å². The molecular formula is C11H9F5O4. The van der Waals surface area contributed by atoms with E-state index in [-0.39, 0.29) is 11.5 Å². The smallest absolute Gasteiger partial charge is 0.465 e. The maximum absolute atomic E-state index is 12.7. The van der Waals surface area contributed by atoms with Crippen LogP contribution >= 0.6 is 0 Å². The highest BCUT2D eigenvalue weighted by Crippen LogP contribution is 2.37. The summed E-state index contributed by atoms with van der Waals surface area (Å²) in [5, 5.41) is 0. The molecule has 0 saturated heterocycles. The standard InChI is InChI=1S/C11H9F5O4/c1-18-7-4-3-6(5-8(7)19-2)20-9(17)10(12,13)11(14,15)16/h3-5H,1-2H3. The Morgan fingerprint density at radius 1 is 1.00 bits per heavy atom. The van der Waals surface area contributed by atoms with E-state index in [1.165, 1.54) is 20.3 Å². The second-order valence-electron chi connectivity index (χ2n) is 3.48. The minimum atomic E-state index is -6.03. The third kappa shape index (κ3) is 3.09. The number of halogens is 5. The zero-order chi connectivity index (χ0) is 15.6. The van der Waals surface area contributed by atoms with Crippen molar-refractivity contribution < 1.29 is 41.0 Å². The van der Waals surface area contributed by atoms with Gasteiger partial charge in [-0.05, 0) is 12.1 Å². The molecule has 0 atom stereocenters. The molecule has 0 unspecified atom stereocenters. The zero-order valence-electron chi connectivity index (χ0n) is 10.3. The summed E-state index contributed by atoms with van der Waals surface area (Å²) in [4.78, 5) is 10.9. The van der Waals surface area contributed by atoms with Crippen LogP contribution in [-0.4, -0.2) is 32.3 Å². The summed E-state index contributed by atoms with van der Waals surface area (Å²) in [5.41, 5.74) is 0. The molecule has 0 aliphatic rings. The molecule has 1 aromatic rings. The van der Waals surface area contributed by atoms with Gasteiger partial charge in [-0.15, -0.1) is 0 Å². The Balaban J connectivity index is 2.97. The molecule has 20 heavy (non-hydrogen) atoms. The Bertz CT molecular complexity index is 498. The minimum Gasteiger partial charge on any atom is -0.493 e. The lowest BCUT2D eigenvalue weighted by molar-refractivity contribution is -0.276. The Morgan fingerprint density at radius 3 is 2.00 bits per heavy atom. The van der Waals surface area contributed by atoms with Crippen LogP contribution in [0.2, 0.25) is 0 Å². The van der Waals surface area contributed by atoms with E-state index in [0.717, 1.165) is 12.1 Å². The number of ether oxygens (including phenoxy) is 3. The first-order valence-electron chi connectivity index (χ1n) is 5.02. The largest absolute Gasteiger partial charge is 0.493 e. The predicted molar refractivity (Wildman–Crippen MR) is 56.2 cm³/mol. The fourth-order valence-corrected chi connectivity index (χ4v) is 1.17. The maximum Gasteiger partial charge on any atom is 0.465 e. The van der Waals surface area contributed by atoms with E-state index in [1.807, 2.05) is 0 Å². The molecule has 0 amide bonds. The van der Waals surface area contributed by atoms with E-state index in [4.69, 9.17) is 9.47 Å². The Morgan fingerprint density at radius 2 is 1.55 bits per heavy atom. The molecule has 0 radical (unpaired) electrons. The van der Waals surface area contributed by atoms with Gasteiger partial charge in [0, 0.05) is 6.07 Å². The highest BCUT2D eigenvalue weighted by molar-refractivity contribution is 5.81. The van der Waals surface area contributed by atoms with Crippen LogP contribution in [0.4, 0.5) is 22.0 Å². The minimum absolute atomic E-state index is 0.00752. The molecule has 0 aliphatic carbocycles. The fourth-order valence-electron chi connectivity index (χ4n) is 1.17. The molecule has 0 spiro atoms. The molecule has 112 valence electrons. The van der Waals surface area contributed by atoms with Crippen LogP contribution in [0.5, 0.6) is 17.2 Å². The summed E-state index contributed by atoms with van der Waals surface area (Å²) in [6.07, 6.45) is -6.03. The summed E-state index contributed by atoms with van der Waals surface area (Å²) in [6, 6.07) is 3.13. The second-order valence-corrected chi connectivity index (χ2v) is 3.48. The third-order valence-corrected chi connectivity index (χ3v) is 2.18. The van der Waals surface area contributed by atoms with Crippen LogP contribution in [-0.2, 0) is 4.79 Å². The molecule has 0 bridgehead atoms. The Kier molecular flexibility index (Phi) is 4.41. The number of esters is 1. The van der Waals surface area contributed by atoms with Crippen LogP contribution in [0, 0.1) is 0 Å². The normalized spacial score (nSPS) is 11.9. The number of methoxy groups -OCH3 is 2. The number of rotatable bonds is 4. The van der Waals surface area contributed by atoms with Gasteiger partial charge in [0.05, 0.1) is 14.2 Å². The lowest BCUT2D eigenvalue weighted by Gasteiger charge is -2.18. The highest BCUT2D eigenvalue weighted by atomic mass is 19.4. The first-order valence-corrected chi connectivity index (χ1v) is 5.02. The molecule has 0 N–H and O–H groups in total. The van der Waals surface area contributed by atoms with Crippen molar-refractivity contribution in [1.82, 2.24) is 0 Å². The SMILES string of the molecule is COc1ccc(OC(=O)C(F)(F)C(F)(F)F)cc1OC. The van der Waals surface area contributed by atoms with Crippen LogP contribution in [0.1, 0.15) is 0 Å². The van der Waals surface area contributed by atoms with Gasteiger partial charge in [-0.25, -0.2) is 4.79 Å². The van der Waals surface area contributed by atoms with Crippen LogP contribution in [0.25, 0.3) is 0 Å². The second kappa shape index (κ2) is 5.51. The highest BCUT2D eigenvalue weighted by Gasteiger charge is 2.65. The van der Waals surface area contributed by atoms with E-state index in [9.17, 15) is 26.7 Å². The van der Waals surface area contributed by atoms with Gasteiger partial charge in [0.25, 0.3) is 0 Å². The van der Waals surface area contributed by atoms with E-state index in [2.05, 4.69) is 4.74 Å². The summed E-state index contributed by atoms with van der Waals surface area (Å²) in [7, 11) is 2.51. The molecule has 9 heteroatoms. The zero-order valence-corrected chi connectivity index (χ0v) is 10.3. The average Bonchev–Trinajstić information content (AvgIpc) is 2.37. The number of alkyl halides is 5. The van der Waals surface area contributed by atoms with E-state index in [1.54, 1.807) is 0 Å². The van der Waals surface area contributed by atoms with Crippen molar-refractivity contribution in [1.29, 1.82) is 0 Å². The van der Waals surface area contributed by atoms with Gasteiger partial charge in [0.1, 0.15) is 5.75 Å². The van der Waals surface area contributed by atoms with Crippen LogP contribution < -0.4 is 14.2 Å². The average molecular weight is 300 g/mol. The fraction of sp³-hybridized carbons (Fsp3) is 0.364. The number of hydrogen-bond acceptors (Lipinski definition) is 4. The lowest BCUT2D eigenvalue weighted by atomic mass is 10.3. The Labute approximate surface area is 110 Å². The van der Waals surface area contributed by atoms with Gasteiger partial charge in [-0.1, -0.05) is 0 Å². The van der Waals surface area contributed by atoms with Crippen molar-refractivity contribution in [3.05, 3.63) is 18.2 Å². The van der Waals surface area contributed by atoms with Crippen molar-refractivity contribution in [3.8, 4) is 17.2 Å². The quantitative estimate of drug-likeness (QED) is 0.487. The van der Waals surface area contributed by atoms with Crippen molar-refractivity contribution in [2.24, 2.45) is 0 Å². The van der Waals surface area contributed by atoms with Crippen molar-refractivity contribution in [2.45, 2.75) is 12.1 Å². The molecule has 4 nitrogen and oxygen atoms in total. The topological polar surface area (TPSA) is 44.8 Å². The van der Waals surface area contributed by atoms with E-state index in [0.29, 0.717) is 0 Å². The summed E-state index contributed by atoms with van der Waals surface area (Å²) >= 11 is 0. The number of benzene rings is 1. The van der Waals surface area contributed by atoms with Crippen LogP contribution in [0.15, 0.2) is 18.2 Å². The van der Waals surface area contributed by atoms with Gasteiger partial charge >= 0.3 is 18.1 Å². The predicted octanol–water partition coefficient (Wildman–Crippen LogP) is 2.81. The summed E-state index contributed by atoms with van der Waals surface area (Å²) in [5.74, 6) is -8.66. The molecule has 0 heterocycles. The summed E-state index contributed by atoms with van der Waals surface area (Å²) in [6.45, 7) is 0. The molecule has 1 aromatic carbocycles. The van der Waals surface area contributed by atoms with Gasteiger partial charge < -0.3 is 14.2 Å². The molecule has 0 fully saturated rings. The van der Waals surface area contributed by atoms with E-state index >= 15 is 0 Å². The molecule has 1 rings (SSSR count). The van der Waals surface area contributed by atoms with Crippen LogP contribution in [0.3, 0.4) is 0 Å². The van der Waals surface area contributed by atoms with Gasteiger partial charge in [0.15, 0.2) is 11.5 Å². The van der Waals surface area contributed by atoms with E-state index < -0.39 is 23.8 Å². The van der Waals surface area contributed by atoms with Crippen molar-refractivity contribution >= 4 is 5.97 Å². The summed E-state index contributed by atoms with van der Waals surface area (Å²) < 4.78 is 74.8. The molecule has 0 saturated carbocycles. The van der Waals surface area contributed by atoms with Gasteiger partial charge in [0.2, 0.25) is 0 Å². The molecule has 0 aromatic heterocycles. The third-order valence-electron chi connectivity index (χ3n) is 2.18. The molecular weight excluding hydrogens is 291 g/mol. The monoisotopic (exact) mass is 300 g/mol. The first-order chi connectivity index (χ1) is 9.13. The first kappa shape index (κ1) is 16.0. The lowest BCUT2D eigenvalue weighted by Crippen LogP contribution is -2.46.